The van der Waals surface area contributed by atoms with Crippen molar-refractivity contribution >= 4 is 16.7 Å². The molecule has 26 heavy (non-hydrogen) atoms. The topological polar surface area (TPSA) is 56.8 Å². The minimum atomic E-state index is -0.213. The predicted octanol–water partition coefficient (Wildman–Crippen LogP) is 3.17. The fourth-order valence-corrected chi connectivity index (χ4v) is 2.85. The van der Waals surface area contributed by atoms with Crippen LogP contribution in [0.5, 0.6) is 17.2 Å². The Labute approximate surface area is 151 Å². The van der Waals surface area contributed by atoms with Crippen molar-refractivity contribution in [2.45, 2.75) is 6.10 Å². The monoisotopic (exact) mass is 349 g/mol. The summed E-state index contributed by atoms with van der Waals surface area (Å²) in [5.41, 5.74) is 0. The van der Waals surface area contributed by atoms with Crippen molar-refractivity contribution < 1.29 is 19.0 Å². The van der Waals surface area contributed by atoms with Crippen molar-refractivity contribution in [2.24, 2.45) is 0 Å². The number of ether oxygens (including phenoxy) is 3. The van der Waals surface area contributed by atoms with Gasteiger partial charge in [-0.25, -0.2) is 0 Å². The molecule has 3 aromatic carbocycles. The number of nitrogens with one attached hydrogen (secondary N) is 1. The Bertz CT molecular complexity index is 925. The van der Waals surface area contributed by atoms with Crippen LogP contribution in [-0.4, -0.2) is 31.8 Å². The third kappa shape index (κ3) is 3.72. The summed E-state index contributed by atoms with van der Waals surface area (Å²) >= 11 is 0. The second-order valence-corrected chi connectivity index (χ2v) is 6.10. The molecule has 5 heteroatoms. The Morgan fingerprint density at radius 3 is 2.65 bits per heavy atom. The molecule has 0 radical (unpaired) electrons. The number of rotatable bonds is 5. The third-order valence-electron chi connectivity index (χ3n) is 4.19. The van der Waals surface area contributed by atoms with Crippen molar-refractivity contribution in [2.75, 3.05) is 19.8 Å². The number of carbonyl (C=O) groups is 1. The van der Waals surface area contributed by atoms with Gasteiger partial charge in [0.1, 0.15) is 18.5 Å². The second-order valence-electron chi connectivity index (χ2n) is 6.10. The molecule has 1 N–H and O–H groups in total. The van der Waals surface area contributed by atoms with Gasteiger partial charge in [-0.2, -0.15) is 0 Å². The first kappa shape index (κ1) is 16.3. The van der Waals surface area contributed by atoms with E-state index in [9.17, 15) is 4.79 Å². The summed E-state index contributed by atoms with van der Waals surface area (Å²) in [7, 11) is 0. The molecule has 0 aliphatic carbocycles. The maximum Gasteiger partial charge on any atom is 0.258 e. The van der Waals surface area contributed by atoms with E-state index in [2.05, 4.69) is 5.32 Å². The molecule has 1 unspecified atom stereocenters. The lowest BCUT2D eigenvalue weighted by molar-refractivity contribution is -0.123. The molecule has 0 saturated heterocycles. The van der Waals surface area contributed by atoms with Gasteiger partial charge in [0.15, 0.2) is 18.1 Å². The van der Waals surface area contributed by atoms with Crippen LogP contribution in [0.4, 0.5) is 0 Å². The lowest BCUT2D eigenvalue weighted by atomic mass is 10.1. The molecule has 4 rings (SSSR count). The average molecular weight is 349 g/mol. The average Bonchev–Trinajstić information content (AvgIpc) is 2.70. The zero-order valence-electron chi connectivity index (χ0n) is 14.2. The van der Waals surface area contributed by atoms with E-state index in [0.29, 0.717) is 24.7 Å². The zero-order valence-corrected chi connectivity index (χ0v) is 14.2. The Kier molecular flexibility index (Phi) is 4.60. The Balaban J connectivity index is 1.26. The van der Waals surface area contributed by atoms with E-state index in [4.69, 9.17) is 14.2 Å². The number of hydrogen-bond acceptors (Lipinski definition) is 4. The van der Waals surface area contributed by atoms with Crippen molar-refractivity contribution in [1.29, 1.82) is 0 Å². The number of amides is 1. The summed E-state index contributed by atoms with van der Waals surface area (Å²) in [6, 6.07) is 21.3. The van der Waals surface area contributed by atoms with Gasteiger partial charge in [-0.15, -0.1) is 0 Å². The molecule has 3 aromatic rings. The first-order chi connectivity index (χ1) is 12.8. The van der Waals surface area contributed by atoms with Crippen LogP contribution in [0, 0.1) is 0 Å². The summed E-state index contributed by atoms with van der Waals surface area (Å²) in [5, 5.41) is 5.04. The minimum absolute atomic E-state index is 0.0392. The number of carbonyl (C=O) groups excluding carboxylic acids is 1. The van der Waals surface area contributed by atoms with Crippen LogP contribution in [0.15, 0.2) is 66.7 Å². The predicted molar refractivity (Wildman–Crippen MR) is 98.8 cm³/mol. The van der Waals surface area contributed by atoms with Gasteiger partial charge in [0, 0.05) is 0 Å². The van der Waals surface area contributed by atoms with E-state index in [0.717, 1.165) is 16.5 Å². The number of hydrogen-bond donors (Lipinski definition) is 1. The van der Waals surface area contributed by atoms with E-state index in [1.807, 2.05) is 66.7 Å². The molecular formula is C21H19NO4. The highest BCUT2D eigenvalue weighted by molar-refractivity contribution is 5.84. The van der Waals surface area contributed by atoms with Gasteiger partial charge < -0.3 is 19.5 Å². The minimum Gasteiger partial charge on any atom is -0.486 e. The standard InChI is InChI=1S/C21H19NO4/c23-21(14-24-17-10-9-15-5-1-2-6-16(15)11-17)22-12-18-13-25-19-7-3-4-8-20(19)26-18/h1-11,18H,12-14H2,(H,22,23). The van der Waals surface area contributed by atoms with Crippen LogP contribution in [0.1, 0.15) is 0 Å². The molecule has 1 atom stereocenters. The van der Waals surface area contributed by atoms with E-state index in [1.165, 1.54) is 0 Å². The highest BCUT2D eigenvalue weighted by atomic mass is 16.6. The summed E-state index contributed by atoms with van der Waals surface area (Å²) < 4.78 is 17.0. The Morgan fingerprint density at radius 1 is 1.00 bits per heavy atom. The molecule has 1 aliphatic rings. The zero-order chi connectivity index (χ0) is 17.8. The molecule has 0 fully saturated rings. The van der Waals surface area contributed by atoms with Crippen LogP contribution in [-0.2, 0) is 4.79 Å². The molecule has 5 nitrogen and oxygen atoms in total. The smallest absolute Gasteiger partial charge is 0.258 e. The lowest BCUT2D eigenvalue weighted by Gasteiger charge is -2.26. The molecule has 0 aromatic heterocycles. The van der Waals surface area contributed by atoms with Crippen LogP contribution in [0.2, 0.25) is 0 Å². The van der Waals surface area contributed by atoms with Crippen LogP contribution < -0.4 is 19.5 Å². The van der Waals surface area contributed by atoms with E-state index in [-0.39, 0.29) is 18.6 Å². The molecular weight excluding hydrogens is 330 g/mol. The lowest BCUT2D eigenvalue weighted by Crippen LogP contribution is -2.42. The number of para-hydroxylation sites is 2. The van der Waals surface area contributed by atoms with E-state index in [1.54, 1.807) is 0 Å². The largest absolute Gasteiger partial charge is 0.486 e. The van der Waals surface area contributed by atoms with Crippen molar-refractivity contribution in [3.63, 3.8) is 0 Å². The van der Waals surface area contributed by atoms with Crippen LogP contribution in [0.3, 0.4) is 0 Å². The summed E-state index contributed by atoms with van der Waals surface area (Å²) in [4.78, 5) is 12.0. The Morgan fingerprint density at radius 2 is 1.77 bits per heavy atom. The normalized spacial score (nSPS) is 15.5. The van der Waals surface area contributed by atoms with Crippen LogP contribution >= 0.6 is 0 Å². The first-order valence-corrected chi connectivity index (χ1v) is 8.55. The highest BCUT2D eigenvalue weighted by Gasteiger charge is 2.21. The second kappa shape index (κ2) is 7.35. The maximum atomic E-state index is 12.0. The maximum absolute atomic E-state index is 12.0. The fourth-order valence-electron chi connectivity index (χ4n) is 2.85. The quantitative estimate of drug-likeness (QED) is 0.769. The molecule has 1 aliphatic heterocycles. The first-order valence-electron chi connectivity index (χ1n) is 8.55. The number of fused-ring (bicyclic) bond motifs is 2. The fraction of sp³-hybridized carbons (Fsp3) is 0.190. The molecule has 0 saturated carbocycles. The molecule has 1 heterocycles. The van der Waals surface area contributed by atoms with Gasteiger partial charge in [-0.1, -0.05) is 42.5 Å². The molecule has 0 spiro atoms. The molecule has 132 valence electrons. The molecule has 1 amide bonds. The van der Waals surface area contributed by atoms with Gasteiger partial charge in [-0.3, -0.25) is 4.79 Å². The van der Waals surface area contributed by atoms with E-state index < -0.39 is 0 Å². The van der Waals surface area contributed by atoms with Gasteiger partial charge in [0.2, 0.25) is 0 Å². The number of benzene rings is 3. The van der Waals surface area contributed by atoms with Gasteiger partial charge in [0.05, 0.1) is 6.54 Å². The Hall–Kier alpha value is -3.21. The summed E-state index contributed by atoms with van der Waals surface area (Å²) in [5.74, 6) is 1.91. The van der Waals surface area contributed by atoms with Crippen molar-refractivity contribution in [3.05, 3.63) is 66.7 Å². The van der Waals surface area contributed by atoms with Gasteiger partial charge in [0.25, 0.3) is 5.91 Å². The molecule has 0 bridgehead atoms. The third-order valence-corrected chi connectivity index (χ3v) is 4.19. The van der Waals surface area contributed by atoms with Crippen molar-refractivity contribution in [3.8, 4) is 17.2 Å². The SMILES string of the molecule is O=C(COc1ccc2ccccc2c1)NCC1COc2ccccc2O1. The van der Waals surface area contributed by atoms with E-state index >= 15 is 0 Å². The summed E-state index contributed by atoms with van der Waals surface area (Å²) in [6.07, 6.45) is -0.213. The van der Waals surface area contributed by atoms with Crippen LogP contribution in [0.25, 0.3) is 10.8 Å². The van der Waals surface area contributed by atoms with Gasteiger partial charge in [-0.05, 0) is 35.0 Å². The van der Waals surface area contributed by atoms with Crippen molar-refractivity contribution in [1.82, 2.24) is 5.32 Å². The van der Waals surface area contributed by atoms with Gasteiger partial charge >= 0.3 is 0 Å². The summed E-state index contributed by atoms with van der Waals surface area (Å²) in [6.45, 7) is 0.736. The highest BCUT2D eigenvalue weighted by Crippen LogP contribution is 2.30.